The quantitative estimate of drug-likeness (QED) is 0.513. The number of Topliss-reactive ketones (excluding diaryl/α,β-unsaturated/α-hetero) is 1. The van der Waals surface area contributed by atoms with Gasteiger partial charge >= 0.3 is 0 Å². The lowest BCUT2D eigenvalue weighted by Crippen LogP contribution is -2.09. The second kappa shape index (κ2) is 5.60. The third-order valence-corrected chi connectivity index (χ3v) is 2.03. The normalized spacial score (nSPS) is 10.4. The van der Waals surface area contributed by atoms with Crippen molar-refractivity contribution in [1.29, 1.82) is 0 Å². The molecular formula is C11H17NO2. The standard InChI is InChI=1S/C11H17NO2/c1-3-4-7-14-9-11(13)10-5-6-12(2)8-10/h5-6,8H,3-4,7,9H2,1-2H3. The molecule has 1 heterocycles. The van der Waals surface area contributed by atoms with E-state index in [1.165, 1.54) is 0 Å². The van der Waals surface area contributed by atoms with E-state index >= 15 is 0 Å². The molecule has 0 fully saturated rings. The smallest absolute Gasteiger partial charge is 0.189 e. The highest BCUT2D eigenvalue weighted by molar-refractivity contribution is 5.96. The minimum atomic E-state index is 0.0571. The van der Waals surface area contributed by atoms with Gasteiger partial charge in [-0.15, -0.1) is 0 Å². The Kier molecular flexibility index (Phi) is 4.40. The predicted molar refractivity (Wildman–Crippen MR) is 55.5 cm³/mol. The molecule has 0 aliphatic rings. The number of aryl methyl sites for hydroxylation is 1. The van der Waals surface area contributed by atoms with Gasteiger partial charge in [0, 0.05) is 31.6 Å². The van der Waals surface area contributed by atoms with Gasteiger partial charge in [-0.3, -0.25) is 4.79 Å². The van der Waals surface area contributed by atoms with Crippen LogP contribution in [0.1, 0.15) is 30.1 Å². The summed E-state index contributed by atoms with van der Waals surface area (Å²) in [7, 11) is 1.90. The van der Waals surface area contributed by atoms with Crippen molar-refractivity contribution in [1.82, 2.24) is 4.57 Å². The molecule has 0 atom stereocenters. The van der Waals surface area contributed by atoms with E-state index in [1.807, 2.05) is 30.1 Å². The maximum absolute atomic E-state index is 11.5. The van der Waals surface area contributed by atoms with Crippen molar-refractivity contribution in [2.75, 3.05) is 13.2 Å². The van der Waals surface area contributed by atoms with Crippen LogP contribution in [0.2, 0.25) is 0 Å². The summed E-state index contributed by atoms with van der Waals surface area (Å²) in [6.07, 6.45) is 5.78. The summed E-state index contributed by atoms with van der Waals surface area (Å²) < 4.78 is 7.10. The number of nitrogens with zero attached hydrogens (tertiary/aromatic N) is 1. The number of unbranched alkanes of at least 4 members (excludes halogenated alkanes) is 1. The third kappa shape index (κ3) is 3.34. The fourth-order valence-electron chi connectivity index (χ4n) is 1.16. The van der Waals surface area contributed by atoms with Crippen LogP contribution in [0.4, 0.5) is 0 Å². The molecule has 0 radical (unpaired) electrons. The molecule has 0 aliphatic carbocycles. The molecule has 78 valence electrons. The minimum Gasteiger partial charge on any atom is -0.373 e. The number of ketones is 1. The van der Waals surface area contributed by atoms with Crippen molar-refractivity contribution in [3.8, 4) is 0 Å². The van der Waals surface area contributed by atoms with Crippen LogP contribution in [0.3, 0.4) is 0 Å². The number of aromatic nitrogens is 1. The lowest BCUT2D eigenvalue weighted by Gasteiger charge is -2.00. The van der Waals surface area contributed by atoms with Crippen LogP contribution in [0.15, 0.2) is 18.5 Å². The molecule has 3 nitrogen and oxygen atoms in total. The van der Waals surface area contributed by atoms with E-state index in [9.17, 15) is 4.79 Å². The summed E-state index contributed by atoms with van der Waals surface area (Å²) in [5, 5.41) is 0. The summed E-state index contributed by atoms with van der Waals surface area (Å²) >= 11 is 0. The van der Waals surface area contributed by atoms with Gasteiger partial charge in [-0.25, -0.2) is 0 Å². The Morgan fingerprint density at radius 2 is 2.36 bits per heavy atom. The summed E-state index contributed by atoms with van der Waals surface area (Å²) in [4.78, 5) is 11.5. The van der Waals surface area contributed by atoms with Gasteiger partial charge in [0.2, 0.25) is 0 Å². The minimum absolute atomic E-state index is 0.0571. The number of hydrogen-bond donors (Lipinski definition) is 0. The number of carbonyl (C=O) groups is 1. The Balaban J connectivity index is 2.29. The van der Waals surface area contributed by atoms with Crippen LogP contribution in [0.5, 0.6) is 0 Å². The van der Waals surface area contributed by atoms with Crippen LogP contribution in [0, 0.1) is 0 Å². The molecule has 0 bridgehead atoms. The van der Waals surface area contributed by atoms with E-state index in [4.69, 9.17) is 4.74 Å². The summed E-state index contributed by atoms with van der Waals surface area (Å²) in [5.41, 5.74) is 0.726. The fourth-order valence-corrected chi connectivity index (χ4v) is 1.16. The van der Waals surface area contributed by atoms with E-state index in [2.05, 4.69) is 6.92 Å². The molecule has 0 aliphatic heterocycles. The Bertz CT molecular complexity index is 291. The molecule has 1 aromatic heterocycles. The van der Waals surface area contributed by atoms with Crippen LogP contribution >= 0.6 is 0 Å². The Morgan fingerprint density at radius 1 is 1.57 bits per heavy atom. The molecular weight excluding hydrogens is 178 g/mol. The average molecular weight is 195 g/mol. The Labute approximate surface area is 84.7 Å². The van der Waals surface area contributed by atoms with E-state index in [1.54, 1.807) is 0 Å². The van der Waals surface area contributed by atoms with Gasteiger partial charge in [-0.05, 0) is 12.5 Å². The number of rotatable bonds is 6. The topological polar surface area (TPSA) is 31.2 Å². The van der Waals surface area contributed by atoms with Crippen LogP contribution in [0.25, 0.3) is 0 Å². The monoisotopic (exact) mass is 195 g/mol. The van der Waals surface area contributed by atoms with E-state index in [0.29, 0.717) is 6.61 Å². The van der Waals surface area contributed by atoms with Gasteiger partial charge in [-0.2, -0.15) is 0 Å². The van der Waals surface area contributed by atoms with Crippen molar-refractivity contribution in [3.05, 3.63) is 24.0 Å². The molecule has 1 aromatic rings. The zero-order valence-corrected chi connectivity index (χ0v) is 8.82. The second-order valence-electron chi connectivity index (χ2n) is 3.39. The van der Waals surface area contributed by atoms with E-state index in [-0.39, 0.29) is 12.4 Å². The first-order valence-electron chi connectivity index (χ1n) is 4.97. The van der Waals surface area contributed by atoms with Gasteiger partial charge in [0.1, 0.15) is 6.61 Å². The molecule has 0 saturated carbocycles. The van der Waals surface area contributed by atoms with Gasteiger partial charge in [-0.1, -0.05) is 13.3 Å². The first-order valence-corrected chi connectivity index (χ1v) is 4.97. The lowest BCUT2D eigenvalue weighted by atomic mass is 10.2. The first kappa shape index (κ1) is 11.0. The first-order chi connectivity index (χ1) is 6.74. The highest BCUT2D eigenvalue weighted by Crippen LogP contribution is 2.01. The molecule has 0 spiro atoms. The Hall–Kier alpha value is -1.09. The molecule has 0 saturated heterocycles. The predicted octanol–water partition coefficient (Wildman–Crippen LogP) is 2.02. The molecule has 0 aromatic carbocycles. The largest absolute Gasteiger partial charge is 0.373 e. The highest BCUT2D eigenvalue weighted by atomic mass is 16.5. The van der Waals surface area contributed by atoms with Crippen molar-refractivity contribution < 1.29 is 9.53 Å². The number of ether oxygens (including phenoxy) is 1. The van der Waals surface area contributed by atoms with Gasteiger partial charge in [0.05, 0.1) is 0 Å². The zero-order valence-electron chi connectivity index (χ0n) is 8.82. The van der Waals surface area contributed by atoms with Crippen molar-refractivity contribution in [2.45, 2.75) is 19.8 Å². The SMILES string of the molecule is CCCCOCC(=O)c1ccn(C)c1. The molecule has 1 rings (SSSR count). The summed E-state index contributed by atoms with van der Waals surface area (Å²) in [6.45, 7) is 2.97. The van der Waals surface area contributed by atoms with Crippen LogP contribution in [-0.2, 0) is 11.8 Å². The van der Waals surface area contributed by atoms with Crippen LogP contribution in [-0.4, -0.2) is 23.6 Å². The highest BCUT2D eigenvalue weighted by Gasteiger charge is 2.06. The Morgan fingerprint density at radius 3 is 2.93 bits per heavy atom. The zero-order chi connectivity index (χ0) is 10.4. The molecule has 0 unspecified atom stereocenters. The van der Waals surface area contributed by atoms with Gasteiger partial charge < -0.3 is 9.30 Å². The number of hydrogen-bond acceptors (Lipinski definition) is 2. The average Bonchev–Trinajstić information content (AvgIpc) is 2.59. The molecule has 0 N–H and O–H groups in total. The third-order valence-electron chi connectivity index (χ3n) is 2.03. The molecule has 0 amide bonds. The lowest BCUT2D eigenvalue weighted by molar-refractivity contribution is 0.0754. The molecule has 3 heteroatoms. The maximum atomic E-state index is 11.5. The van der Waals surface area contributed by atoms with Crippen molar-refractivity contribution in [3.63, 3.8) is 0 Å². The van der Waals surface area contributed by atoms with Gasteiger partial charge in [0.25, 0.3) is 0 Å². The van der Waals surface area contributed by atoms with Crippen molar-refractivity contribution >= 4 is 5.78 Å². The van der Waals surface area contributed by atoms with Crippen molar-refractivity contribution in [2.24, 2.45) is 7.05 Å². The number of carbonyl (C=O) groups excluding carboxylic acids is 1. The molecule has 14 heavy (non-hydrogen) atoms. The summed E-state index contributed by atoms with van der Waals surface area (Å²) in [5.74, 6) is 0.0571. The summed E-state index contributed by atoms with van der Waals surface area (Å²) in [6, 6.07) is 1.81. The maximum Gasteiger partial charge on any atom is 0.189 e. The van der Waals surface area contributed by atoms with Gasteiger partial charge in [0.15, 0.2) is 5.78 Å². The van der Waals surface area contributed by atoms with E-state index in [0.717, 1.165) is 18.4 Å². The fraction of sp³-hybridized carbons (Fsp3) is 0.545. The van der Waals surface area contributed by atoms with Crippen LogP contribution < -0.4 is 0 Å². The van der Waals surface area contributed by atoms with E-state index < -0.39 is 0 Å². The second-order valence-corrected chi connectivity index (χ2v) is 3.39.